The van der Waals surface area contributed by atoms with Gasteiger partial charge in [0.2, 0.25) is 0 Å². The Morgan fingerprint density at radius 1 is 1.19 bits per heavy atom. The number of fused-ring (bicyclic) bond motifs is 1. The molecule has 0 saturated heterocycles. The molecule has 0 saturated carbocycles. The number of nitrogens with one attached hydrogen (secondary N) is 2. The van der Waals surface area contributed by atoms with Crippen LogP contribution in [0.5, 0.6) is 0 Å². The van der Waals surface area contributed by atoms with E-state index in [1.165, 1.54) is 0 Å². The number of benzene rings is 2. The van der Waals surface area contributed by atoms with Gasteiger partial charge in [-0.2, -0.15) is 0 Å². The Hall–Kier alpha value is -2.83. The van der Waals surface area contributed by atoms with E-state index in [2.05, 4.69) is 24.1 Å². The van der Waals surface area contributed by atoms with Crippen molar-refractivity contribution in [3.8, 4) is 11.3 Å². The molecule has 2 heterocycles. The van der Waals surface area contributed by atoms with Crippen LogP contribution in [0, 0.1) is 5.92 Å². The van der Waals surface area contributed by atoms with E-state index in [1.54, 1.807) is 11.3 Å². The summed E-state index contributed by atoms with van der Waals surface area (Å²) in [7, 11) is 0. The average molecular weight is 454 g/mol. The highest BCUT2D eigenvalue weighted by Gasteiger charge is 2.21. The number of aliphatic carboxylic acids is 1. The number of carboxylic acid groups (broad SMARTS) is 1. The summed E-state index contributed by atoms with van der Waals surface area (Å²) in [5.41, 5.74) is 3.98. The summed E-state index contributed by atoms with van der Waals surface area (Å²) in [6.45, 7) is 4.58. The summed E-state index contributed by atoms with van der Waals surface area (Å²) in [4.78, 5) is 21.0. The van der Waals surface area contributed by atoms with Gasteiger partial charge in [-0.15, -0.1) is 11.3 Å². The van der Waals surface area contributed by atoms with Crippen molar-refractivity contribution < 1.29 is 9.90 Å². The van der Waals surface area contributed by atoms with Crippen molar-refractivity contribution >= 4 is 44.9 Å². The SMILES string of the molecule is CC(C)c1sc(NCC(Cc2ccc3[nH]ccc3c2)C(=O)O)nc1-c1ccc(Cl)cc1. The second-order valence-electron chi connectivity index (χ2n) is 7.91. The second kappa shape index (κ2) is 9.12. The third kappa shape index (κ3) is 4.92. The lowest BCUT2D eigenvalue weighted by molar-refractivity contribution is -0.141. The minimum absolute atomic E-state index is 0.307. The van der Waals surface area contributed by atoms with Crippen molar-refractivity contribution in [1.29, 1.82) is 0 Å². The third-order valence-corrected chi connectivity index (χ3v) is 6.81. The number of H-pyrrole nitrogens is 1. The van der Waals surface area contributed by atoms with Gasteiger partial charge in [-0.05, 0) is 53.6 Å². The van der Waals surface area contributed by atoms with Gasteiger partial charge in [0.05, 0.1) is 11.6 Å². The van der Waals surface area contributed by atoms with E-state index >= 15 is 0 Å². The maximum atomic E-state index is 11.9. The molecule has 3 N–H and O–H groups in total. The molecule has 7 heteroatoms. The topological polar surface area (TPSA) is 78.0 Å². The number of halogens is 1. The molecular formula is C24H24ClN3O2S. The van der Waals surface area contributed by atoms with Crippen LogP contribution in [0.3, 0.4) is 0 Å². The lowest BCUT2D eigenvalue weighted by Gasteiger charge is -2.13. The molecule has 0 aliphatic heterocycles. The Morgan fingerprint density at radius 3 is 2.68 bits per heavy atom. The summed E-state index contributed by atoms with van der Waals surface area (Å²) < 4.78 is 0. The fraction of sp³-hybridized carbons (Fsp3) is 0.250. The normalized spacial score (nSPS) is 12.4. The van der Waals surface area contributed by atoms with Crippen LogP contribution in [0.1, 0.15) is 30.2 Å². The number of anilines is 1. The van der Waals surface area contributed by atoms with Crippen molar-refractivity contribution in [1.82, 2.24) is 9.97 Å². The molecule has 4 rings (SSSR count). The molecule has 5 nitrogen and oxygen atoms in total. The Bertz CT molecular complexity index is 1200. The number of aromatic amines is 1. The molecule has 2 aromatic carbocycles. The molecule has 0 spiro atoms. The standard InChI is InChI=1S/C24H24ClN3O2S/c1-14(2)22-21(16-4-6-19(25)7-5-16)28-24(31-22)27-13-18(23(29)30)12-15-3-8-20-17(11-15)9-10-26-20/h3-11,14,18,26H,12-13H2,1-2H3,(H,27,28)(H,29,30). The molecule has 0 radical (unpaired) electrons. The Morgan fingerprint density at radius 2 is 1.97 bits per heavy atom. The van der Waals surface area contributed by atoms with Crippen LogP contribution in [0.15, 0.2) is 54.7 Å². The van der Waals surface area contributed by atoms with Crippen molar-refractivity contribution in [3.05, 3.63) is 70.2 Å². The van der Waals surface area contributed by atoms with Crippen LogP contribution in [-0.4, -0.2) is 27.6 Å². The lowest BCUT2D eigenvalue weighted by atomic mass is 9.98. The summed E-state index contributed by atoms with van der Waals surface area (Å²) >= 11 is 7.60. The van der Waals surface area contributed by atoms with Crippen molar-refractivity contribution in [3.63, 3.8) is 0 Å². The lowest BCUT2D eigenvalue weighted by Crippen LogP contribution is -2.25. The van der Waals surface area contributed by atoms with Gasteiger partial charge < -0.3 is 15.4 Å². The van der Waals surface area contributed by atoms with Crippen LogP contribution < -0.4 is 5.32 Å². The number of hydrogen-bond acceptors (Lipinski definition) is 4. The highest BCUT2D eigenvalue weighted by Crippen LogP contribution is 2.36. The second-order valence-corrected chi connectivity index (χ2v) is 9.38. The molecular weight excluding hydrogens is 430 g/mol. The first-order chi connectivity index (χ1) is 14.9. The number of aromatic nitrogens is 2. The largest absolute Gasteiger partial charge is 0.481 e. The van der Waals surface area contributed by atoms with Crippen LogP contribution in [0.25, 0.3) is 22.2 Å². The van der Waals surface area contributed by atoms with Crippen molar-refractivity contribution in [2.75, 3.05) is 11.9 Å². The van der Waals surface area contributed by atoms with E-state index in [0.29, 0.717) is 23.9 Å². The van der Waals surface area contributed by atoms with Gasteiger partial charge in [0.25, 0.3) is 0 Å². The number of nitrogens with zero attached hydrogens (tertiary/aromatic N) is 1. The number of carboxylic acids is 1. The van der Waals surface area contributed by atoms with Gasteiger partial charge in [-0.1, -0.05) is 43.6 Å². The quantitative estimate of drug-likeness (QED) is 0.287. The third-order valence-electron chi connectivity index (χ3n) is 5.24. The summed E-state index contributed by atoms with van der Waals surface area (Å²) in [5, 5.41) is 15.5. The van der Waals surface area contributed by atoms with E-state index in [4.69, 9.17) is 16.6 Å². The fourth-order valence-electron chi connectivity index (χ4n) is 3.58. The smallest absolute Gasteiger partial charge is 0.308 e. The Labute approximate surface area is 190 Å². The maximum Gasteiger partial charge on any atom is 0.308 e. The minimum Gasteiger partial charge on any atom is -0.481 e. The van der Waals surface area contributed by atoms with E-state index in [1.807, 2.05) is 54.7 Å². The predicted octanol–water partition coefficient (Wildman–Crippen LogP) is 6.42. The number of carbonyl (C=O) groups is 1. The summed E-state index contributed by atoms with van der Waals surface area (Å²) in [6.07, 6.45) is 2.34. The number of thiazole rings is 1. The van der Waals surface area contributed by atoms with Gasteiger partial charge in [0.1, 0.15) is 0 Å². The summed E-state index contributed by atoms with van der Waals surface area (Å²) in [5.74, 6) is -1.07. The van der Waals surface area contributed by atoms with Crippen LogP contribution in [0.2, 0.25) is 5.02 Å². The molecule has 1 atom stereocenters. The fourth-order valence-corrected chi connectivity index (χ4v) is 4.71. The highest BCUT2D eigenvalue weighted by atomic mass is 35.5. The molecule has 31 heavy (non-hydrogen) atoms. The first-order valence-electron chi connectivity index (χ1n) is 10.2. The van der Waals surface area contributed by atoms with Gasteiger partial charge in [0.15, 0.2) is 5.13 Å². The Balaban J connectivity index is 1.51. The van der Waals surface area contributed by atoms with Crippen LogP contribution >= 0.6 is 22.9 Å². The van der Waals surface area contributed by atoms with E-state index in [9.17, 15) is 9.90 Å². The molecule has 0 fully saturated rings. The molecule has 4 aromatic rings. The first-order valence-corrected chi connectivity index (χ1v) is 11.4. The van der Waals surface area contributed by atoms with Crippen molar-refractivity contribution in [2.45, 2.75) is 26.2 Å². The van der Waals surface area contributed by atoms with Crippen LogP contribution in [-0.2, 0) is 11.2 Å². The highest BCUT2D eigenvalue weighted by molar-refractivity contribution is 7.16. The van der Waals surface area contributed by atoms with Gasteiger partial charge in [-0.25, -0.2) is 4.98 Å². The molecule has 0 amide bonds. The maximum absolute atomic E-state index is 11.9. The molecule has 2 aromatic heterocycles. The minimum atomic E-state index is -0.819. The zero-order valence-electron chi connectivity index (χ0n) is 17.4. The summed E-state index contributed by atoms with van der Waals surface area (Å²) in [6, 6.07) is 15.6. The van der Waals surface area contributed by atoms with Gasteiger partial charge in [-0.3, -0.25) is 4.79 Å². The van der Waals surface area contributed by atoms with Gasteiger partial charge in [0, 0.05) is 33.7 Å². The molecule has 1 unspecified atom stereocenters. The van der Waals surface area contributed by atoms with Crippen LogP contribution in [0.4, 0.5) is 5.13 Å². The molecule has 0 aliphatic rings. The predicted molar refractivity (Wildman–Crippen MR) is 128 cm³/mol. The van der Waals surface area contributed by atoms with E-state index in [0.717, 1.165) is 37.7 Å². The first kappa shape index (κ1) is 21.4. The van der Waals surface area contributed by atoms with E-state index < -0.39 is 11.9 Å². The molecule has 0 aliphatic carbocycles. The zero-order valence-corrected chi connectivity index (χ0v) is 18.9. The van der Waals surface area contributed by atoms with Gasteiger partial charge >= 0.3 is 5.97 Å². The zero-order chi connectivity index (χ0) is 22.0. The average Bonchev–Trinajstić information content (AvgIpc) is 3.38. The molecule has 160 valence electrons. The monoisotopic (exact) mass is 453 g/mol. The van der Waals surface area contributed by atoms with Crippen molar-refractivity contribution in [2.24, 2.45) is 5.92 Å². The molecule has 0 bridgehead atoms. The number of rotatable bonds is 8. The number of hydrogen-bond donors (Lipinski definition) is 3. The van der Waals surface area contributed by atoms with E-state index in [-0.39, 0.29) is 0 Å². The Kier molecular flexibility index (Phi) is 6.30.